The largest absolute Gasteiger partial charge is 0.322 e. The monoisotopic (exact) mass is 289 g/mol. The molecule has 0 radical (unpaired) electrons. The van der Waals surface area contributed by atoms with E-state index in [-0.39, 0.29) is 5.91 Å². The Labute approximate surface area is 123 Å². The topological polar surface area (TPSA) is 54.9 Å². The lowest BCUT2D eigenvalue weighted by Gasteiger charge is -2.18. The molecule has 0 saturated carbocycles. The van der Waals surface area contributed by atoms with E-state index in [0.717, 1.165) is 24.1 Å². The van der Waals surface area contributed by atoms with Gasteiger partial charge in [-0.05, 0) is 51.0 Å². The second-order valence-electron chi connectivity index (χ2n) is 4.89. The first kappa shape index (κ1) is 14.8. The number of carbonyl (C=O) groups excluding carboxylic acids is 1. The number of hydrogen-bond acceptors (Lipinski definition) is 4. The molecule has 106 valence electrons. The third-order valence-electron chi connectivity index (χ3n) is 3.41. The standard InChI is InChI=1S/C15H19N3OS/c1-9-6-5-7-10(2)13(9)18-14(19)12-8-16-15(20-4)17-11(12)3/h6,8H,5,7H2,1-4H3,(H,18,19). The van der Waals surface area contributed by atoms with Crippen molar-refractivity contribution in [2.75, 3.05) is 6.26 Å². The molecule has 1 N–H and O–H groups in total. The van der Waals surface area contributed by atoms with Gasteiger partial charge in [0.05, 0.1) is 11.3 Å². The van der Waals surface area contributed by atoms with Crippen LogP contribution in [0.2, 0.25) is 0 Å². The summed E-state index contributed by atoms with van der Waals surface area (Å²) in [5.41, 5.74) is 4.52. The molecule has 1 aromatic heterocycles. The second-order valence-corrected chi connectivity index (χ2v) is 5.66. The van der Waals surface area contributed by atoms with Crippen LogP contribution >= 0.6 is 11.8 Å². The molecule has 0 aliphatic heterocycles. The molecule has 4 nitrogen and oxygen atoms in total. The van der Waals surface area contributed by atoms with E-state index in [4.69, 9.17) is 0 Å². The van der Waals surface area contributed by atoms with Gasteiger partial charge in [-0.15, -0.1) is 0 Å². The van der Waals surface area contributed by atoms with Crippen molar-refractivity contribution in [3.63, 3.8) is 0 Å². The number of hydrogen-bond donors (Lipinski definition) is 1. The van der Waals surface area contributed by atoms with Crippen LogP contribution < -0.4 is 5.32 Å². The maximum atomic E-state index is 12.4. The van der Waals surface area contributed by atoms with Gasteiger partial charge in [0, 0.05) is 11.9 Å². The van der Waals surface area contributed by atoms with E-state index in [1.807, 2.05) is 20.1 Å². The zero-order valence-electron chi connectivity index (χ0n) is 12.3. The van der Waals surface area contributed by atoms with Crippen LogP contribution in [0.4, 0.5) is 0 Å². The molecule has 1 aromatic rings. The van der Waals surface area contributed by atoms with Crippen molar-refractivity contribution >= 4 is 17.7 Å². The molecule has 0 atom stereocenters. The van der Waals surface area contributed by atoms with E-state index < -0.39 is 0 Å². The zero-order chi connectivity index (χ0) is 14.7. The van der Waals surface area contributed by atoms with Gasteiger partial charge in [0.1, 0.15) is 0 Å². The van der Waals surface area contributed by atoms with E-state index in [0.29, 0.717) is 16.4 Å². The van der Waals surface area contributed by atoms with Gasteiger partial charge >= 0.3 is 0 Å². The normalized spacial score (nSPS) is 15.1. The van der Waals surface area contributed by atoms with Gasteiger partial charge in [0.2, 0.25) is 0 Å². The van der Waals surface area contributed by atoms with Crippen molar-refractivity contribution in [1.29, 1.82) is 0 Å². The Balaban J connectivity index is 2.23. The van der Waals surface area contributed by atoms with Gasteiger partial charge in [0.15, 0.2) is 5.16 Å². The minimum atomic E-state index is -0.140. The Bertz CT molecular complexity index is 605. The highest BCUT2D eigenvalue weighted by molar-refractivity contribution is 7.98. The van der Waals surface area contributed by atoms with Crippen molar-refractivity contribution in [3.05, 3.63) is 40.4 Å². The summed E-state index contributed by atoms with van der Waals surface area (Å²) >= 11 is 1.47. The molecule has 0 bridgehead atoms. The van der Waals surface area contributed by atoms with Gasteiger partial charge in [-0.2, -0.15) is 0 Å². The Hall–Kier alpha value is -1.62. The molecule has 2 rings (SSSR count). The molecule has 5 heteroatoms. The van der Waals surface area contributed by atoms with Gasteiger partial charge in [-0.3, -0.25) is 4.79 Å². The van der Waals surface area contributed by atoms with Crippen molar-refractivity contribution in [1.82, 2.24) is 15.3 Å². The Morgan fingerprint density at radius 3 is 2.70 bits per heavy atom. The summed E-state index contributed by atoms with van der Waals surface area (Å²) in [6, 6.07) is 0. The molecular formula is C15H19N3OS. The fourth-order valence-corrected chi connectivity index (χ4v) is 2.61. The number of carbonyl (C=O) groups is 1. The van der Waals surface area contributed by atoms with Crippen LogP contribution in [0.1, 0.15) is 42.7 Å². The molecular weight excluding hydrogens is 270 g/mol. The van der Waals surface area contributed by atoms with Gasteiger partial charge in [0.25, 0.3) is 5.91 Å². The lowest BCUT2D eigenvalue weighted by Crippen LogP contribution is -2.26. The van der Waals surface area contributed by atoms with E-state index in [1.165, 1.54) is 17.3 Å². The Morgan fingerprint density at radius 1 is 1.35 bits per heavy atom. The molecule has 20 heavy (non-hydrogen) atoms. The minimum absolute atomic E-state index is 0.140. The molecule has 1 amide bonds. The molecule has 1 heterocycles. The van der Waals surface area contributed by atoms with Crippen molar-refractivity contribution in [2.45, 2.75) is 38.8 Å². The summed E-state index contributed by atoms with van der Waals surface area (Å²) in [4.78, 5) is 20.8. The van der Waals surface area contributed by atoms with Crippen LogP contribution in [0.3, 0.4) is 0 Å². The van der Waals surface area contributed by atoms with Crippen molar-refractivity contribution in [3.8, 4) is 0 Å². The number of rotatable bonds is 3. The first-order valence-corrected chi connectivity index (χ1v) is 7.81. The van der Waals surface area contributed by atoms with Gasteiger partial charge in [-0.25, -0.2) is 9.97 Å². The summed E-state index contributed by atoms with van der Waals surface area (Å²) in [5, 5.41) is 3.68. The molecule has 0 unspecified atom stereocenters. The number of nitrogens with one attached hydrogen (secondary N) is 1. The highest BCUT2D eigenvalue weighted by Gasteiger charge is 2.16. The SMILES string of the molecule is CSc1ncc(C(=O)NC2=C(C)CCC=C2C)c(C)n1. The summed E-state index contributed by atoms with van der Waals surface area (Å²) in [6.07, 6.45) is 7.71. The number of nitrogens with zero attached hydrogens (tertiary/aromatic N) is 2. The van der Waals surface area contributed by atoms with Crippen molar-refractivity contribution < 1.29 is 4.79 Å². The van der Waals surface area contributed by atoms with E-state index in [9.17, 15) is 4.79 Å². The van der Waals surface area contributed by atoms with Crippen LogP contribution in [0, 0.1) is 6.92 Å². The molecule has 0 fully saturated rings. The average Bonchev–Trinajstić information content (AvgIpc) is 2.42. The Morgan fingerprint density at radius 2 is 2.10 bits per heavy atom. The van der Waals surface area contributed by atoms with Crippen LogP contribution in [0.25, 0.3) is 0 Å². The highest BCUT2D eigenvalue weighted by Crippen LogP contribution is 2.23. The maximum absolute atomic E-state index is 12.4. The summed E-state index contributed by atoms with van der Waals surface area (Å²) in [7, 11) is 0. The van der Waals surface area contributed by atoms with Crippen LogP contribution in [-0.4, -0.2) is 22.1 Å². The Kier molecular flexibility index (Phi) is 4.60. The summed E-state index contributed by atoms with van der Waals surface area (Å²) in [6.45, 7) is 5.92. The van der Waals surface area contributed by atoms with Crippen LogP contribution in [0.5, 0.6) is 0 Å². The maximum Gasteiger partial charge on any atom is 0.259 e. The summed E-state index contributed by atoms with van der Waals surface area (Å²) in [5.74, 6) is -0.140. The molecule has 1 aliphatic rings. The first-order chi connectivity index (χ1) is 9.52. The van der Waals surface area contributed by atoms with Gasteiger partial charge in [-0.1, -0.05) is 17.8 Å². The molecule has 0 saturated heterocycles. The lowest BCUT2D eigenvalue weighted by molar-refractivity contribution is 0.0964. The third-order valence-corrected chi connectivity index (χ3v) is 3.98. The predicted octanol–water partition coefficient (Wildman–Crippen LogP) is 3.25. The number of aryl methyl sites for hydroxylation is 1. The highest BCUT2D eigenvalue weighted by atomic mass is 32.2. The number of aromatic nitrogens is 2. The van der Waals surface area contributed by atoms with E-state index >= 15 is 0 Å². The number of amides is 1. The zero-order valence-corrected chi connectivity index (χ0v) is 13.1. The number of allylic oxidation sites excluding steroid dienone is 3. The van der Waals surface area contributed by atoms with E-state index in [2.05, 4.69) is 28.3 Å². The van der Waals surface area contributed by atoms with E-state index in [1.54, 1.807) is 6.20 Å². The second kappa shape index (κ2) is 6.22. The van der Waals surface area contributed by atoms with Gasteiger partial charge < -0.3 is 5.32 Å². The predicted molar refractivity (Wildman–Crippen MR) is 81.7 cm³/mol. The quantitative estimate of drug-likeness (QED) is 0.685. The number of thioether (sulfide) groups is 1. The van der Waals surface area contributed by atoms with Crippen LogP contribution in [-0.2, 0) is 0 Å². The smallest absolute Gasteiger partial charge is 0.259 e. The lowest BCUT2D eigenvalue weighted by atomic mass is 9.97. The van der Waals surface area contributed by atoms with Crippen LogP contribution in [0.15, 0.2) is 34.3 Å². The fourth-order valence-electron chi connectivity index (χ4n) is 2.22. The first-order valence-electron chi connectivity index (χ1n) is 6.58. The minimum Gasteiger partial charge on any atom is -0.322 e. The average molecular weight is 289 g/mol. The third kappa shape index (κ3) is 3.10. The molecule has 0 spiro atoms. The molecule has 1 aliphatic carbocycles. The molecule has 0 aromatic carbocycles. The van der Waals surface area contributed by atoms with Crippen molar-refractivity contribution in [2.24, 2.45) is 0 Å². The fraction of sp³-hybridized carbons (Fsp3) is 0.400. The summed E-state index contributed by atoms with van der Waals surface area (Å²) < 4.78 is 0.